The molecule has 2 fully saturated rings. The van der Waals surface area contributed by atoms with E-state index in [0.29, 0.717) is 12.6 Å². The molecule has 1 aromatic heterocycles. The molecule has 1 amide bonds. The highest BCUT2D eigenvalue weighted by Crippen LogP contribution is 2.38. The van der Waals surface area contributed by atoms with E-state index in [2.05, 4.69) is 44.6 Å². The standard InChI is InChI=1S/C22H36N6O.HI/c1-17-7-8-19(24-15-17)28-13-9-18(10-14-28)26-21(23-2)25-16-22(11-5-6-12-22)20(29)27(3)4;/h7-8,15,18H,5-6,9-14,16H2,1-4H3,(H2,23,25,26);1H. The molecule has 0 spiro atoms. The van der Waals surface area contributed by atoms with Gasteiger partial charge in [0.2, 0.25) is 5.91 Å². The van der Waals surface area contributed by atoms with Crippen LogP contribution in [0, 0.1) is 12.3 Å². The summed E-state index contributed by atoms with van der Waals surface area (Å²) in [5.41, 5.74) is 0.898. The Labute approximate surface area is 198 Å². The first-order valence-corrected chi connectivity index (χ1v) is 10.8. The fourth-order valence-electron chi connectivity index (χ4n) is 4.53. The molecule has 1 aromatic rings. The minimum atomic E-state index is -0.290. The third-order valence-electron chi connectivity index (χ3n) is 6.29. The fraction of sp³-hybridized carbons (Fsp3) is 0.682. The Morgan fingerprint density at radius 2 is 1.93 bits per heavy atom. The SMILES string of the molecule is CN=C(NCC1(C(=O)N(C)C)CCCC1)NC1CCN(c2ccc(C)cn2)CC1.I. The second-order valence-corrected chi connectivity index (χ2v) is 8.71. The molecule has 2 heterocycles. The highest BCUT2D eigenvalue weighted by molar-refractivity contribution is 14.0. The molecule has 1 saturated heterocycles. The number of amides is 1. The Morgan fingerprint density at radius 3 is 2.47 bits per heavy atom. The number of carbonyl (C=O) groups is 1. The van der Waals surface area contributed by atoms with Gasteiger partial charge in [-0.2, -0.15) is 0 Å². The molecule has 0 unspecified atom stereocenters. The molecule has 1 aliphatic heterocycles. The van der Waals surface area contributed by atoms with Crippen molar-refractivity contribution in [1.29, 1.82) is 0 Å². The molecule has 8 heteroatoms. The number of nitrogens with one attached hydrogen (secondary N) is 2. The van der Waals surface area contributed by atoms with Crippen LogP contribution in [0.5, 0.6) is 0 Å². The van der Waals surface area contributed by atoms with E-state index in [1.165, 1.54) is 5.56 Å². The molecule has 0 bridgehead atoms. The Kier molecular flexibility index (Phi) is 9.18. The van der Waals surface area contributed by atoms with Crippen LogP contribution in [0.15, 0.2) is 23.3 Å². The third-order valence-corrected chi connectivity index (χ3v) is 6.29. The Hall–Kier alpha value is -1.58. The summed E-state index contributed by atoms with van der Waals surface area (Å²) in [6.45, 7) is 4.67. The smallest absolute Gasteiger partial charge is 0.230 e. The number of rotatable bonds is 5. The van der Waals surface area contributed by atoms with Crippen molar-refractivity contribution >= 4 is 41.7 Å². The number of aromatic nitrogens is 1. The number of aliphatic imine (C=N–C) groups is 1. The first-order chi connectivity index (χ1) is 13.9. The van der Waals surface area contributed by atoms with Crippen LogP contribution >= 0.6 is 24.0 Å². The number of hydrogen-bond acceptors (Lipinski definition) is 4. The number of carbonyl (C=O) groups excluding carboxylic acids is 1. The minimum Gasteiger partial charge on any atom is -0.356 e. The molecule has 2 aliphatic rings. The normalized spacial score (nSPS) is 19.2. The number of anilines is 1. The topological polar surface area (TPSA) is 72.9 Å². The molecule has 3 rings (SSSR count). The third kappa shape index (κ3) is 5.98. The van der Waals surface area contributed by atoms with Crippen LogP contribution in [0.4, 0.5) is 5.82 Å². The summed E-state index contributed by atoms with van der Waals surface area (Å²) in [7, 11) is 5.51. The van der Waals surface area contributed by atoms with E-state index >= 15 is 0 Å². The van der Waals surface area contributed by atoms with Gasteiger partial charge in [-0.3, -0.25) is 9.79 Å². The van der Waals surface area contributed by atoms with Crippen molar-refractivity contribution in [3.8, 4) is 0 Å². The van der Waals surface area contributed by atoms with Gasteiger partial charge in [0.05, 0.1) is 5.41 Å². The van der Waals surface area contributed by atoms with E-state index in [0.717, 1.165) is 63.4 Å². The lowest BCUT2D eigenvalue weighted by Crippen LogP contribution is -2.52. The maximum absolute atomic E-state index is 12.8. The van der Waals surface area contributed by atoms with Crippen molar-refractivity contribution in [1.82, 2.24) is 20.5 Å². The Morgan fingerprint density at radius 1 is 1.27 bits per heavy atom. The predicted molar refractivity (Wildman–Crippen MR) is 134 cm³/mol. The van der Waals surface area contributed by atoms with Gasteiger partial charge in [0.15, 0.2) is 5.96 Å². The van der Waals surface area contributed by atoms with Gasteiger partial charge in [0.25, 0.3) is 0 Å². The van der Waals surface area contributed by atoms with Crippen LogP contribution in [0.2, 0.25) is 0 Å². The molecule has 0 aromatic carbocycles. The molecule has 168 valence electrons. The zero-order chi connectivity index (χ0) is 20.9. The number of nitrogens with zero attached hydrogens (tertiary/aromatic N) is 4. The lowest BCUT2D eigenvalue weighted by Gasteiger charge is -2.35. The number of halogens is 1. The van der Waals surface area contributed by atoms with Gasteiger partial charge in [-0.15, -0.1) is 24.0 Å². The summed E-state index contributed by atoms with van der Waals surface area (Å²) in [5, 5.41) is 7.01. The number of piperidine rings is 1. The predicted octanol–water partition coefficient (Wildman–Crippen LogP) is 2.79. The molecule has 30 heavy (non-hydrogen) atoms. The molecule has 0 radical (unpaired) electrons. The highest BCUT2D eigenvalue weighted by atomic mass is 127. The van der Waals surface area contributed by atoms with Crippen LogP contribution in [0.25, 0.3) is 0 Å². The average Bonchev–Trinajstić information content (AvgIpc) is 3.21. The Balaban J connectivity index is 0.00000320. The summed E-state index contributed by atoms with van der Waals surface area (Å²) in [5.74, 6) is 2.09. The van der Waals surface area contributed by atoms with Gasteiger partial charge in [-0.05, 0) is 44.2 Å². The van der Waals surface area contributed by atoms with Crippen LogP contribution in [-0.2, 0) is 4.79 Å². The second-order valence-electron chi connectivity index (χ2n) is 8.71. The highest BCUT2D eigenvalue weighted by Gasteiger charge is 2.42. The van der Waals surface area contributed by atoms with Gasteiger partial charge in [-0.25, -0.2) is 4.98 Å². The van der Waals surface area contributed by atoms with E-state index in [1.54, 1.807) is 11.9 Å². The molecular weight excluding hydrogens is 491 g/mol. The number of pyridine rings is 1. The molecule has 7 nitrogen and oxygen atoms in total. The molecule has 0 atom stereocenters. The van der Waals surface area contributed by atoms with Crippen molar-refractivity contribution in [2.45, 2.75) is 51.5 Å². The van der Waals surface area contributed by atoms with Crippen molar-refractivity contribution in [3.05, 3.63) is 23.9 Å². The molecule has 1 saturated carbocycles. The van der Waals surface area contributed by atoms with Crippen LogP contribution in [0.1, 0.15) is 44.1 Å². The van der Waals surface area contributed by atoms with Gasteiger partial charge >= 0.3 is 0 Å². The quantitative estimate of drug-likeness (QED) is 0.350. The lowest BCUT2D eigenvalue weighted by molar-refractivity contribution is -0.138. The maximum Gasteiger partial charge on any atom is 0.230 e. The summed E-state index contributed by atoms with van der Waals surface area (Å²) >= 11 is 0. The summed E-state index contributed by atoms with van der Waals surface area (Å²) < 4.78 is 0. The summed E-state index contributed by atoms with van der Waals surface area (Å²) in [6.07, 6.45) is 8.17. The summed E-state index contributed by atoms with van der Waals surface area (Å²) in [6, 6.07) is 4.60. The van der Waals surface area contributed by atoms with Crippen LogP contribution < -0.4 is 15.5 Å². The lowest BCUT2D eigenvalue weighted by atomic mass is 9.84. The zero-order valence-corrected chi connectivity index (χ0v) is 21.1. The van der Waals surface area contributed by atoms with E-state index < -0.39 is 0 Å². The molecule has 2 N–H and O–H groups in total. The largest absolute Gasteiger partial charge is 0.356 e. The number of aryl methyl sites for hydroxylation is 1. The second kappa shape index (κ2) is 11.2. The minimum absolute atomic E-state index is 0. The first kappa shape index (κ1) is 24.7. The van der Waals surface area contributed by atoms with Crippen LogP contribution in [-0.4, -0.2) is 68.6 Å². The van der Waals surface area contributed by atoms with Gasteiger partial charge in [0.1, 0.15) is 5.82 Å². The fourth-order valence-corrected chi connectivity index (χ4v) is 4.53. The summed E-state index contributed by atoms with van der Waals surface area (Å²) in [4.78, 5) is 25.8. The zero-order valence-electron chi connectivity index (χ0n) is 18.8. The van der Waals surface area contributed by atoms with E-state index in [-0.39, 0.29) is 35.3 Å². The van der Waals surface area contributed by atoms with E-state index in [1.807, 2.05) is 20.3 Å². The van der Waals surface area contributed by atoms with Gasteiger partial charge < -0.3 is 20.4 Å². The molecular formula is C22H37IN6O. The van der Waals surface area contributed by atoms with Gasteiger partial charge in [0, 0.05) is 53.0 Å². The van der Waals surface area contributed by atoms with Crippen molar-refractivity contribution in [2.24, 2.45) is 10.4 Å². The maximum atomic E-state index is 12.8. The van der Waals surface area contributed by atoms with Crippen molar-refractivity contribution in [3.63, 3.8) is 0 Å². The van der Waals surface area contributed by atoms with E-state index in [4.69, 9.17) is 0 Å². The van der Waals surface area contributed by atoms with Crippen LogP contribution in [0.3, 0.4) is 0 Å². The Bertz CT molecular complexity index is 707. The van der Waals surface area contributed by atoms with Gasteiger partial charge in [-0.1, -0.05) is 18.9 Å². The average molecular weight is 528 g/mol. The van der Waals surface area contributed by atoms with Crippen molar-refractivity contribution in [2.75, 3.05) is 45.7 Å². The molecule has 1 aliphatic carbocycles. The monoisotopic (exact) mass is 528 g/mol. The van der Waals surface area contributed by atoms with E-state index in [9.17, 15) is 4.79 Å². The number of hydrogen-bond donors (Lipinski definition) is 2. The number of guanidine groups is 1. The van der Waals surface area contributed by atoms with Crippen molar-refractivity contribution < 1.29 is 4.79 Å². The first-order valence-electron chi connectivity index (χ1n) is 10.8.